The summed E-state index contributed by atoms with van der Waals surface area (Å²) in [4.78, 5) is 0. The van der Waals surface area contributed by atoms with Gasteiger partial charge in [0.05, 0.1) is 0 Å². The molecule has 12 aromatic rings. The Balaban J connectivity index is 0.771. The van der Waals surface area contributed by atoms with E-state index in [1.54, 1.807) is 0 Å². The van der Waals surface area contributed by atoms with E-state index < -0.39 is 0 Å². The Bertz CT molecular complexity index is 3360. The van der Waals surface area contributed by atoms with Gasteiger partial charge >= 0.3 is 0 Å². The molecule has 0 aromatic heterocycles. The molecule has 0 bridgehead atoms. The molecular weight excluding hydrogens is 745 g/mol. The molecule has 0 heteroatoms. The topological polar surface area (TPSA) is 0 Å². The standard InChI is InChI=1S/C62H40/c1-5-13-57-53(9-1)39-54-10-2-6-14-58(54)61(57)45-27-23-43(24-28-45)49-33-31-47-35-41(19-21-51(47)37-49)17-18-42-20-22-52-38-50(34-32-48(52)36-42)44-25-29-46(30-26-44)62-59-15-7-3-11-55(59)40-56-12-4-8-16-60(56)62/h1-40H. The minimum absolute atomic E-state index is 1.19. The molecule has 12 aromatic carbocycles. The van der Waals surface area contributed by atoms with Gasteiger partial charge in [0.25, 0.3) is 0 Å². The zero-order valence-corrected chi connectivity index (χ0v) is 34.1. The van der Waals surface area contributed by atoms with Gasteiger partial charge in [-0.05, 0) is 157 Å². The summed E-state index contributed by atoms with van der Waals surface area (Å²) in [5.41, 5.74) is 12.3. The Labute approximate surface area is 361 Å². The lowest BCUT2D eigenvalue weighted by atomic mass is 9.91. The average molecular weight is 785 g/mol. The molecular formula is C62H40. The summed E-state index contributed by atoms with van der Waals surface area (Å²) >= 11 is 0. The maximum Gasteiger partial charge on any atom is -0.00268 e. The first-order chi connectivity index (χ1) is 30.7. The van der Waals surface area contributed by atoms with Gasteiger partial charge in [-0.25, -0.2) is 0 Å². The zero-order valence-electron chi connectivity index (χ0n) is 34.1. The Kier molecular flexibility index (Phi) is 8.61. The van der Waals surface area contributed by atoms with Crippen molar-refractivity contribution in [1.29, 1.82) is 0 Å². The number of benzene rings is 12. The van der Waals surface area contributed by atoms with Crippen molar-refractivity contribution in [1.82, 2.24) is 0 Å². The summed E-state index contributed by atoms with van der Waals surface area (Å²) in [5, 5.41) is 15.2. The normalized spacial score (nSPS) is 11.8. The highest BCUT2D eigenvalue weighted by atomic mass is 14.2. The predicted molar refractivity (Wildman–Crippen MR) is 269 cm³/mol. The van der Waals surface area contributed by atoms with Crippen LogP contribution in [0.5, 0.6) is 0 Å². The molecule has 0 aliphatic rings. The van der Waals surface area contributed by atoms with Crippen LogP contribution >= 0.6 is 0 Å². The number of rotatable bonds is 6. The third kappa shape index (κ3) is 6.42. The lowest BCUT2D eigenvalue weighted by molar-refractivity contribution is 1.62. The fraction of sp³-hybridized carbons (Fsp3) is 0. The van der Waals surface area contributed by atoms with E-state index in [-0.39, 0.29) is 0 Å². The molecule has 0 N–H and O–H groups in total. The third-order valence-electron chi connectivity index (χ3n) is 12.8. The molecule has 0 saturated carbocycles. The third-order valence-corrected chi connectivity index (χ3v) is 12.8. The van der Waals surface area contributed by atoms with E-state index in [2.05, 4.69) is 243 Å². The minimum Gasteiger partial charge on any atom is -0.0616 e. The van der Waals surface area contributed by atoms with Crippen molar-refractivity contribution >= 4 is 76.8 Å². The second-order valence-corrected chi connectivity index (χ2v) is 16.5. The summed E-state index contributed by atoms with van der Waals surface area (Å²) in [6.45, 7) is 0. The molecule has 288 valence electrons. The highest BCUT2D eigenvalue weighted by Crippen LogP contribution is 2.39. The van der Waals surface area contributed by atoms with Crippen molar-refractivity contribution in [2.45, 2.75) is 0 Å². The van der Waals surface area contributed by atoms with Gasteiger partial charge in [-0.2, -0.15) is 0 Å². The lowest BCUT2D eigenvalue weighted by Crippen LogP contribution is -1.86. The molecule has 0 aliphatic heterocycles. The zero-order chi connectivity index (χ0) is 41.0. The van der Waals surface area contributed by atoms with Crippen LogP contribution in [0.15, 0.2) is 231 Å². The Morgan fingerprint density at radius 1 is 0.194 bits per heavy atom. The van der Waals surface area contributed by atoms with Crippen LogP contribution in [0.1, 0.15) is 11.1 Å². The van der Waals surface area contributed by atoms with E-state index >= 15 is 0 Å². The van der Waals surface area contributed by atoms with Crippen LogP contribution in [0, 0.1) is 0 Å². The fourth-order valence-electron chi connectivity index (χ4n) is 9.60. The van der Waals surface area contributed by atoms with Crippen molar-refractivity contribution in [3.05, 3.63) is 242 Å². The van der Waals surface area contributed by atoms with Crippen LogP contribution in [0.3, 0.4) is 0 Å². The Hall–Kier alpha value is -8.06. The SMILES string of the molecule is C(=Cc1ccc2cc(-c3ccc(-c4c5ccccc5cc5ccccc45)cc3)ccc2c1)c1ccc2cc(-c3ccc(-c4c5ccccc5cc5ccccc45)cc3)ccc2c1. The number of hydrogen-bond acceptors (Lipinski definition) is 0. The number of fused-ring (bicyclic) bond motifs is 6. The highest BCUT2D eigenvalue weighted by molar-refractivity contribution is 6.14. The summed E-state index contributed by atoms with van der Waals surface area (Å²) < 4.78 is 0. The fourth-order valence-corrected chi connectivity index (χ4v) is 9.60. The van der Waals surface area contributed by atoms with Crippen molar-refractivity contribution in [3.8, 4) is 44.5 Å². The van der Waals surface area contributed by atoms with E-state index in [1.165, 1.54) is 120 Å². The minimum atomic E-state index is 1.19. The van der Waals surface area contributed by atoms with Gasteiger partial charge in [-0.1, -0.05) is 206 Å². The van der Waals surface area contributed by atoms with Crippen LogP contribution < -0.4 is 0 Å². The first-order valence-electron chi connectivity index (χ1n) is 21.5. The van der Waals surface area contributed by atoms with Crippen molar-refractivity contribution in [2.75, 3.05) is 0 Å². The summed E-state index contributed by atoms with van der Waals surface area (Å²) in [6, 6.07) is 84.7. The average Bonchev–Trinajstić information content (AvgIpc) is 3.34. The van der Waals surface area contributed by atoms with Gasteiger partial charge in [-0.3, -0.25) is 0 Å². The Morgan fingerprint density at radius 3 is 0.855 bits per heavy atom. The van der Waals surface area contributed by atoms with Gasteiger partial charge in [0.15, 0.2) is 0 Å². The first-order valence-corrected chi connectivity index (χ1v) is 21.5. The molecule has 0 unspecified atom stereocenters. The van der Waals surface area contributed by atoms with E-state index in [0.29, 0.717) is 0 Å². The molecule has 0 radical (unpaired) electrons. The van der Waals surface area contributed by atoms with Crippen LogP contribution in [-0.4, -0.2) is 0 Å². The summed E-state index contributed by atoms with van der Waals surface area (Å²) in [6.07, 6.45) is 4.44. The van der Waals surface area contributed by atoms with Crippen LogP contribution in [0.4, 0.5) is 0 Å². The predicted octanol–water partition coefficient (Wildman–Crippen LogP) is 17.4. The number of hydrogen-bond donors (Lipinski definition) is 0. The van der Waals surface area contributed by atoms with Crippen molar-refractivity contribution < 1.29 is 0 Å². The molecule has 0 atom stereocenters. The quantitative estimate of drug-likeness (QED) is 0.116. The largest absolute Gasteiger partial charge is 0.0616 e. The molecule has 0 spiro atoms. The van der Waals surface area contributed by atoms with Crippen LogP contribution in [0.2, 0.25) is 0 Å². The maximum absolute atomic E-state index is 2.31. The molecule has 0 fully saturated rings. The maximum atomic E-state index is 2.31. The van der Waals surface area contributed by atoms with Gasteiger partial charge in [0.2, 0.25) is 0 Å². The van der Waals surface area contributed by atoms with Gasteiger partial charge in [0, 0.05) is 0 Å². The van der Waals surface area contributed by atoms with Crippen LogP contribution in [-0.2, 0) is 0 Å². The molecule has 0 amide bonds. The van der Waals surface area contributed by atoms with Crippen molar-refractivity contribution in [3.63, 3.8) is 0 Å². The molecule has 0 aliphatic carbocycles. The van der Waals surface area contributed by atoms with Gasteiger partial charge in [-0.15, -0.1) is 0 Å². The monoisotopic (exact) mass is 784 g/mol. The van der Waals surface area contributed by atoms with E-state index in [0.717, 1.165) is 0 Å². The second kappa shape index (κ2) is 14.9. The first kappa shape index (κ1) is 35.8. The van der Waals surface area contributed by atoms with Gasteiger partial charge in [0.1, 0.15) is 0 Å². The summed E-state index contributed by atoms with van der Waals surface area (Å²) in [5.74, 6) is 0. The van der Waals surface area contributed by atoms with Gasteiger partial charge < -0.3 is 0 Å². The van der Waals surface area contributed by atoms with E-state index in [1.807, 2.05) is 0 Å². The van der Waals surface area contributed by atoms with E-state index in [4.69, 9.17) is 0 Å². The highest BCUT2D eigenvalue weighted by Gasteiger charge is 2.12. The van der Waals surface area contributed by atoms with E-state index in [9.17, 15) is 0 Å². The molecule has 0 heterocycles. The Morgan fingerprint density at radius 2 is 0.484 bits per heavy atom. The molecule has 0 nitrogen and oxygen atoms in total. The second-order valence-electron chi connectivity index (χ2n) is 16.5. The molecule has 62 heavy (non-hydrogen) atoms. The molecule has 12 rings (SSSR count). The smallest absolute Gasteiger partial charge is 0.00268 e. The summed E-state index contributed by atoms with van der Waals surface area (Å²) in [7, 11) is 0. The lowest BCUT2D eigenvalue weighted by Gasteiger charge is -2.13. The van der Waals surface area contributed by atoms with Crippen LogP contribution in [0.25, 0.3) is 121 Å². The molecule has 0 saturated heterocycles. The van der Waals surface area contributed by atoms with Crippen molar-refractivity contribution in [2.24, 2.45) is 0 Å².